The summed E-state index contributed by atoms with van der Waals surface area (Å²) in [7, 11) is 0. The topological polar surface area (TPSA) is 36.4 Å². The lowest BCUT2D eigenvalue weighted by Crippen LogP contribution is -2.48. The summed E-state index contributed by atoms with van der Waals surface area (Å²) in [4.78, 5) is 20.9. The fourth-order valence-corrected chi connectivity index (χ4v) is 4.49. The largest absolute Gasteiger partial charge is 0.345 e. The SMILES string of the molecule is O=C(c1ccc(Cl)cc1Cl)N1CCN(c2nc3c(F)cccc3s2)CC1. The van der Waals surface area contributed by atoms with Crippen molar-refractivity contribution in [1.82, 2.24) is 9.88 Å². The summed E-state index contributed by atoms with van der Waals surface area (Å²) < 4.78 is 14.7. The number of hydrogen-bond acceptors (Lipinski definition) is 4. The molecular formula is C18H14Cl2FN3OS. The highest BCUT2D eigenvalue weighted by Gasteiger charge is 2.25. The van der Waals surface area contributed by atoms with Gasteiger partial charge in [-0.1, -0.05) is 40.6 Å². The first-order valence-electron chi connectivity index (χ1n) is 8.07. The second-order valence-electron chi connectivity index (χ2n) is 5.99. The van der Waals surface area contributed by atoms with Gasteiger partial charge < -0.3 is 9.80 Å². The summed E-state index contributed by atoms with van der Waals surface area (Å²) in [5.74, 6) is -0.419. The van der Waals surface area contributed by atoms with E-state index in [-0.39, 0.29) is 11.7 Å². The van der Waals surface area contributed by atoms with Crippen molar-refractivity contribution in [2.24, 2.45) is 0 Å². The Balaban J connectivity index is 1.48. The number of para-hydroxylation sites is 1. The van der Waals surface area contributed by atoms with Crippen LogP contribution in [0.3, 0.4) is 0 Å². The van der Waals surface area contributed by atoms with Gasteiger partial charge in [0.1, 0.15) is 11.3 Å². The standard InChI is InChI=1S/C18H14Cl2FN3OS/c19-11-4-5-12(13(20)10-11)17(25)23-6-8-24(9-7-23)18-22-16-14(21)2-1-3-15(16)26-18/h1-5,10H,6-9H2. The van der Waals surface area contributed by atoms with Crippen molar-refractivity contribution in [3.8, 4) is 0 Å². The molecule has 1 saturated heterocycles. The number of rotatable bonds is 2. The fourth-order valence-electron chi connectivity index (χ4n) is 2.97. The number of hydrogen-bond donors (Lipinski definition) is 0. The number of fused-ring (bicyclic) bond motifs is 1. The van der Waals surface area contributed by atoms with Gasteiger partial charge in [0.05, 0.1) is 15.3 Å². The molecule has 4 rings (SSSR count). The van der Waals surface area contributed by atoms with Crippen molar-refractivity contribution >= 4 is 55.8 Å². The van der Waals surface area contributed by atoms with E-state index >= 15 is 0 Å². The van der Waals surface area contributed by atoms with Crippen molar-refractivity contribution in [3.05, 3.63) is 57.8 Å². The van der Waals surface area contributed by atoms with E-state index in [1.54, 1.807) is 29.2 Å². The third-order valence-electron chi connectivity index (χ3n) is 4.36. The van der Waals surface area contributed by atoms with Crippen LogP contribution in [0.1, 0.15) is 10.4 Å². The Kier molecular flexibility index (Phi) is 4.73. The van der Waals surface area contributed by atoms with Crippen LogP contribution in [0.2, 0.25) is 10.0 Å². The van der Waals surface area contributed by atoms with Gasteiger partial charge in [0.25, 0.3) is 5.91 Å². The maximum Gasteiger partial charge on any atom is 0.255 e. The first-order chi connectivity index (χ1) is 12.5. The Hall–Kier alpha value is -1.89. The lowest BCUT2D eigenvalue weighted by Gasteiger charge is -2.34. The second kappa shape index (κ2) is 7.02. The van der Waals surface area contributed by atoms with Crippen molar-refractivity contribution in [2.75, 3.05) is 31.1 Å². The van der Waals surface area contributed by atoms with E-state index in [1.807, 2.05) is 6.07 Å². The van der Waals surface area contributed by atoms with Crippen molar-refractivity contribution in [1.29, 1.82) is 0 Å². The molecule has 2 aromatic carbocycles. The third-order valence-corrected chi connectivity index (χ3v) is 5.99. The molecule has 8 heteroatoms. The monoisotopic (exact) mass is 409 g/mol. The van der Waals surface area contributed by atoms with Crippen LogP contribution < -0.4 is 4.90 Å². The minimum Gasteiger partial charge on any atom is -0.345 e. The van der Waals surface area contributed by atoms with Gasteiger partial charge in [0, 0.05) is 31.2 Å². The van der Waals surface area contributed by atoms with Gasteiger partial charge in [-0.3, -0.25) is 4.79 Å². The van der Waals surface area contributed by atoms with E-state index in [9.17, 15) is 9.18 Å². The molecule has 0 aliphatic carbocycles. The molecule has 1 fully saturated rings. The van der Waals surface area contributed by atoms with E-state index in [2.05, 4.69) is 9.88 Å². The molecule has 3 aromatic rings. The van der Waals surface area contributed by atoms with E-state index in [1.165, 1.54) is 17.4 Å². The Bertz CT molecular complexity index is 986. The number of benzene rings is 2. The number of anilines is 1. The Morgan fingerprint density at radius 2 is 1.88 bits per heavy atom. The minimum atomic E-state index is -0.309. The smallest absolute Gasteiger partial charge is 0.255 e. The van der Waals surface area contributed by atoms with Crippen LogP contribution in [0.25, 0.3) is 10.2 Å². The maximum absolute atomic E-state index is 13.8. The van der Waals surface area contributed by atoms with Crippen molar-refractivity contribution in [3.63, 3.8) is 0 Å². The average molecular weight is 410 g/mol. The highest BCUT2D eigenvalue weighted by atomic mass is 35.5. The maximum atomic E-state index is 13.8. The molecule has 0 unspecified atom stereocenters. The number of thiazole rings is 1. The molecule has 1 aliphatic heterocycles. The van der Waals surface area contributed by atoms with E-state index in [0.29, 0.717) is 47.3 Å². The summed E-state index contributed by atoms with van der Waals surface area (Å²) in [5.41, 5.74) is 0.852. The van der Waals surface area contributed by atoms with Gasteiger partial charge in [-0.25, -0.2) is 9.37 Å². The fraction of sp³-hybridized carbons (Fsp3) is 0.222. The molecule has 0 atom stereocenters. The van der Waals surface area contributed by atoms with Crippen LogP contribution in [0, 0.1) is 5.82 Å². The predicted molar refractivity (Wildman–Crippen MR) is 104 cm³/mol. The van der Waals surface area contributed by atoms with Crippen LogP contribution in [-0.2, 0) is 0 Å². The molecule has 1 aromatic heterocycles. The van der Waals surface area contributed by atoms with Crippen molar-refractivity contribution < 1.29 is 9.18 Å². The zero-order chi connectivity index (χ0) is 18.3. The quantitative estimate of drug-likeness (QED) is 0.614. The van der Waals surface area contributed by atoms with Crippen LogP contribution >= 0.6 is 34.5 Å². The lowest BCUT2D eigenvalue weighted by atomic mass is 10.2. The van der Waals surface area contributed by atoms with Crippen LogP contribution in [0.4, 0.5) is 9.52 Å². The first-order valence-corrected chi connectivity index (χ1v) is 9.64. The molecule has 0 bridgehead atoms. The predicted octanol–water partition coefficient (Wildman–Crippen LogP) is 4.70. The normalized spacial score (nSPS) is 14.9. The molecule has 2 heterocycles. The minimum absolute atomic E-state index is 0.110. The molecule has 1 aliphatic rings. The number of aromatic nitrogens is 1. The molecule has 1 amide bonds. The van der Waals surface area contributed by atoms with Crippen LogP contribution in [0.15, 0.2) is 36.4 Å². The van der Waals surface area contributed by atoms with Gasteiger partial charge in [-0.05, 0) is 30.3 Å². The average Bonchev–Trinajstić information content (AvgIpc) is 3.07. The van der Waals surface area contributed by atoms with Crippen LogP contribution in [-0.4, -0.2) is 42.0 Å². The van der Waals surface area contributed by atoms with E-state index < -0.39 is 0 Å². The highest BCUT2D eigenvalue weighted by molar-refractivity contribution is 7.22. The molecule has 26 heavy (non-hydrogen) atoms. The van der Waals surface area contributed by atoms with E-state index in [4.69, 9.17) is 23.2 Å². The Labute approximate surface area is 163 Å². The number of nitrogens with zero attached hydrogens (tertiary/aromatic N) is 3. The summed E-state index contributed by atoms with van der Waals surface area (Å²) in [6.07, 6.45) is 0. The third kappa shape index (κ3) is 3.24. The van der Waals surface area contributed by atoms with Crippen LogP contribution in [0.5, 0.6) is 0 Å². The molecule has 4 nitrogen and oxygen atoms in total. The molecule has 0 radical (unpaired) electrons. The number of halogens is 3. The number of amides is 1. The summed E-state index contributed by atoms with van der Waals surface area (Å²) in [6.45, 7) is 2.38. The molecule has 134 valence electrons. The van der Waals surface area contributed by atoms with Gasteiger partial charge in [0.2, 0.25) is 0 Å². The highest BCUT2D eigenvalue weighted by Crippen LogP contribution is 2.31. The zero-order valence-corrected chi connectivity index (χ0v) is 15.9. The number of carbonyl (C=O) groups excluding carboxylic acids is 1. The van der Waals surface area contributed by atoms with Crippen molar-refractivity contribution in [2.45, 2.75) is 0 Å². The zero-order valence-electron chi connectivity index (χ0n) is 13.6. The van der Waals surface area contributed by atoms with Gasteiger partial charge >= 0.3 is 0 Å². The Morgan fingerprint density at radius 1 is 1.12 bits per heavy atom. The van der Waals surface area contributed by atoms with Gasteiger partial charge in [-0.2, -0.15) is 0 Å². The summed E-state index contributed by atoms with van der Waals surface area (Å²) in [6, 6.07) is 9.84. The Morgan fingerprint density at radius 3 is 2.58 bits per heavy atom. The number of carbonyl (C=O) groups is 1. The number of piperazine rings is 1. The van der Waals surface area contributed by atoms with Gasteiger partial charge in [-0.15, -0.1) is 0 Å². The molecular weight excluding hydrogens is 396 g/mol. The summed E-state index contributed by atoms with van der Waals surface area (Å²) in [5, 5.41) is 1.63. The molecule has 0 spiro atoms. The summed E-state index contributed by atoms with van der Waals surface area (Å²) >= 11 is 13.5. The first kappa shape index (κ1) is 17.5. The second-order valence-corrected chi connectivity index (χ2v) is 7.84. The molecule has 0 saturated carbocycles. The molecule has 0 N–H and O–H groups in total. The lowest BCUT2D eigenvalue weighted by molar-refractivity contribution is 0.0747. The van der Waals surface area contributed by atoms with E-state index in [0.717, 1.165) is 9.83 Å². The van der Waals surface area contributed by atoms with Gasteiger partial charge in [0.15, 0.2) is 5.13 Å².